The van der Waals surface area contributed by atoms with Gasteiger partial charge < -0.3 is 11.1 Å². The molecule has 5 N–H and O–H groups in total. The van der Waals surface area contributed by atoms with Gasteiger partial charge in [0.25, 0.3) is 5.91 Å². The monoisotopic (exact) mass is 277 g/mol. The minimum Gasteiger partial charge on any atom is -0.396 e. The summed E-state index contributed by atoms with van der Waals surface area (Å²) in [6, 6.07) is 3.63. The number of fused-ring (bicyclic) bond motifs is 1. The second kappa shape index (κ2) is 5.01. The second-order valence-corrected chi connectivity index (χ2v) is 5.60. The van der Waals surface area contributed by atoms with Crippen LogP contribution in [-0.2, 0) is 10.2 Å². The fourth-order valence-corrected chi connectivity index (χ4v) is 2.13. The first-order valence-electron chi connectivity index (χ1n) is 6.28. The number of imidazole rings is 1. The van der Waals surface area contributed by atoms with Crippen LogP contribution in [0.3, 0.4) is 0 Å². The summed E-state index contributed by atoms with van der Waals surface area (Å²) in [5.74, 6) is 0.0499. The SMILES string of the molecule is CC(C)(C)c1c(NCC(=O)NO)nc2c(N)cccn12. The Morgan fingerprint density at radius 1 is 1.50 bits per heavy atom. The Morgan fingerprint density at radius 3 is 2.80 bits per heavy atom. The number of rotatable bonds is 3. The van der Waals surface area contributed by atoms with Gasteiger partial charge in [0, 0.05) is 11.6 Å². The van der Waals surface area contributed by atoms with Crippen LogP contribution in [0.15, 0.2) is 18.3 Å². The number of nitrogens with two attached hydrogens (primary N) is 1. The van der Waals surface area contributed by atoms with Crippen LogP contribution in [0.25, 0.3) is 5.65 Å². The van der Waals surface area contributed by atoms with E-state index in [1.54, 1.807) is 11.5 Å². The van der Waals surface area contributed by atoms with Crippen LogP contribution in [0, 0.1) is 0 Å². The number of hydroxylamine groups is 1. The van der Waals surface area contributed by atoms with Crippen molar-refractivity contribution in [3.8, 4) is 0 Å². The van der Waals surface area contributed by atoms with Crippen molar-refractivity contribution in [2.75, 3.05) is 17.6 Å². The average molecular weight is 277 g/mol. The molecule has 1 amide bonds. The summed E-state index contributed by atoms with van der Waals surface area (Å²) in [7, 11) is 0. The maximum Gasteiger partial charge on any atom is 0.262 e. The van der Waals surface area contributed by atoms with Crippen molar-refractivity contribution in [2.24, 2.45) is 0 Å². The Bertz CT molecular complexity index is 642. The number of aromatic nitrogens is 2. The number of carbonyl (C=O) groups excluding carboxylic acids is 1. The molecule has 2 rings (SSSR count). The topological polar surface area (TPSA) is 105 Å². The highest BCUT2D eigenvalue weighted by atomic mass is 16.5. The van der Waals surface area contributed by atoms with Gasteiger partial charge in [0.2, 0.25) is 0 Å². The summed E-state index contributed by atoms with van der Waals surface area (Å²) in [5, 5.41) is 11.5. The normalized spacial score (nSPS) is 11.6. The molecule has 0 saturated heterocycles. The molecule has 0 saturated carbocycles. The first kappa shape index (κ1) is 14.1. The maximum absolute atomic E-state index is 11.1. The fraction of sp³-hybridized carbons (Fsp3) is 0.385. The summed E-state index contributed by atoms with van der Waals surface area (Å²) in [6.45, 7) is 6.09. The van der Waals surface area contributed by atoms with E-state index in [1.165, 1.54) is 0 Å². The highest BCUT2D eigenvalue weighted by Crippen LogP contribution is 2.31. The number of hydrogen-bond donors (Lipinski definition) is 4. The number of hydrogen-bond acceptors (Lipinski definition) is 5. The lowest BCUT2D eigenvalue weighted by Crippen LogP contribution is -2.28. The molecule has 0 radical (unpaired) electrons. The van der Waals surface area contributed by atoms with Crippen molar-refractivity contribution in [3.05, 3.63) is 24.0 Å². The van der Waals surface area contributed by atoms with E-state index in [4.69, 9.17) is 10.9 Å². The Kier molecular flexibility index (Phi) is 3.54. The predicted molar refractivity (Wildman–Crippen MR) is 76.7 cm³/mol. The molecule has 0 aromatic carbocycles. The Hall–Kier alpha value is -2.28. The van der Waals surface area contributed by atoms with Crippen LogP contribution in [0.5, 0.6) is 0 Å². The largest absolute Gasteiger partial charge is 0.396 e. The smallest absolute Gasteiger partial charge is 0.262 e. The zero-order valence-corrected chi connectivity index (χ0v) is 11.8. The number of amides is 1. The zero-order valence-electron chi connectivity index (χ0n) is 11.8. The molecule has 0 bridgehead atoms. The molecule has 0 aliphatic carbocycles. The minimum atomic E-state index is -0.533. The van der Waals surface area contributed by atoms with E-state index < -0.39 is 5.91 Å². The molecule has 0 atom stereocenters. The number of nitrogens with one attached hydrogen (secondary N) is 2. The third kappa shape index (κ3) is 2.53. The van der Waals surface area contributed by atoms with E-state index >= 15 is 0 Å². The molecular formula is C13H19N5O2. The Morgan fingerprint density at radius 2 is 2.20 bits per heavy atom. The van der Waals surface area contributed by atoms with Crippen molar-refractivity contribution in [1.29, 1.82) is 0 Å². The number of carbonyl (C=O) groups is 1. The van der Waals surface area contributed by atoms with Crippen molar-refractivity contribution >= 4 is 23.1 Å². The van der Waals surface area contributed by atoms with E-state index in [0.29, 0.717) is 17.2 Å². The van der Waals surface area contributed by atoms with Gasteiger partial charge in [-0.25, -0.2) is 10.5 Å². The van der Waals surface area contributed by atoms with E-state index in [2.05, 4.69) is 31.1 Å². The molecule has 0 aliphatic heterocycles. The zero-order chi connectivity index (χ0) is 14.9. The van der Waals surface area contributed by atoms with E-state index in [9.17, 15) is 4.79 Å². The predicted octanol–water partition coefficient (Wildman–Crippen LogP) is 1.13. The quantitative estimate of drug-likeness (QED) is 0.497. The van der Waals surface area contributed by atoms with Crippen LogP contribution < -0.4 is 16.5 Å². The number of anilines is 2. The first-order valence-corrected chi connectivity index (χ1v) is 6.28. The van der Waals surface area contributed by atoms with Crippen molar-refractivity contribution in [2.45, 2.75) is 26.2 Å². The molecule has 2 aromatic rings. The Labute approximate surface area is 116 Å². The molecular weight excluding hydrogens is 258 g/mol. The summed E-state index contributed by atoms with van der Waals surface area (Å²) < 4.78 is 1.91. The van der Waals surface area contributed by atoms with Crippen LogP contribution in [0.2, 0.25) is 0 Å². The molecule has 0 fully saturated rings. The maximum atomic E-state index is 11.1. The van der Waals surface area contributed by atoms with Gasteiger partial charge in [-0.15, -0.1) is 0 Å². The van der Waals surface area contributed by atoms with Gasteiger partial charge in [-0.2, -0.15) is 0 Å². The third-order valence-electron chi connectivity index (χ3n) is 2.93. The lowest BCUT2D eigenvalue weighted by Gasteiger charge is -2.20. The molecule has 108 valence electrons. The standard InChI is InChI=1S/C13H19N5O2/c1-13(2,3)10-11(15-7-9(19)17-20)16-12-8(14)5-4-6-18(10)12/h4-6,15,20H,7,14H2,1-3H3,(H,17,19). The van der Waals surface area contributed by atoms with Crippen LogP contribution in [0.1, 0.15) is 26.5 Å². The van der Waals surface area contributed by atoms with Gasteiger partial charge >= 0.3 is 0 Å². The molecule has 0 unspecified atom stereocenters. The minimum absolute atomic E-state index is 0.0661. The molecule has 7 heteroatoms. The lowest BCUT2D eigenvalue weighted by molar-refractivity contribution is -0.127. The van der Waals surface area contributed by atoms with Gasteiger partial charge in [-0.1, -0.05) is 20.8 Å². The van der Waals surface area contributed by atoms with Gasteiger partial charge in [0.05, 0.1) is 17.9 Å². The number of nitrogens with zero attached hydrogens (tertiary/aromatic N) is 2. The summed E-state index contributed by atoms with van der Waals surface area (Å²) in [5.41, 5.74) is 9.45. The highest BCUT2D eigenvalue weighted by molar-refractivity contribution is 5.80. The average Bonchev–Trinajstić information content (AvgIpc) is 2.75. The van der Waals surface area contributed by atoms with Crippen LogP contribution in [0.4, 0.5) is 11.5 Å². The third-order valence-corrected chi connectivity index (χ3v) is 2.93. The lowest BCUT2D eigenvalue weighted by atomic mass is 9.92. The molecule has 0 aliphatic rings. The number of nitrogen functional groups attached to an aromatic ring is 1. The van der Waals surface area contributed by atoms with Gasteiger partial charge in [-0.05, 0) is 12.1 Å². The molecule has 2 aromatic heterocycles. The van der Waals surface area contributed by atoms with Crippen molar-refractivity contribution < 1.29 is 10.0 Å². The van der Waals surface area contributed by atoms with E-state index in [0.717, 1.165) is 5.69 Å². The molecule has 7 nitrogen and oxygen atoms in total. The summed E-state index contributed by atoms with van der Waals surface area (Å²) >= 11 is 0. The molecule has 0 spiro atoms. The summed E-state index contributed by atoms with van der Waals surface area (Å²) in [6.07, 6.45) is 1.89. The fourth-order valence-electron chi connectivity index (χ4n) is 2.13. The van der Waals surface area contributed by atoms with Gasteiger partial charge in [0.15, 0.2) is 5.65 Å². The Balaban J connectivity index is 2.52. The summed E-state index contributed by atoms with van der Waals surface area (Å²) in [4.78, 5) is 15.6. The molecule has 20 heavy (non-hydrogen) atoms. The number of pyridine rings is 1. The second-order valence-electron chi connectivity index (χ2n) is 5.60. The highest BCUT2D eigenvalue weighted by Gasteiger charge is 2.25. The van der Waals surface area contributed by atoms with Gasteiger partial charge in [-0.3, -0.25) is 14.4 Å². The van der Waals surface area contributed by atoms with E-state index in [-0.39, 0.29) is 12.0 Å². The first-order chi connectivity index (χ1) is 9.34. The van der Waals surface area contributed by atoms with Crippen LogP contribution >= 0.6 is 0 Å². The molecule has 2 heterocycles. The van der Waals surface area contributed by atoms with Crippen molar-refractivity contribution in [3.63, 3.8) is 0 Å². The van der Waals surface area contributed by atoms with E-state index in [1.807, 2.05) is 16.7 Å². The van der Waals surface area contributed by atoms with Crippen LogP contribution in [-0.4, -0.2) is 27.0 Å². The van der Waals surface area contributed by atoms with Gasteiger partial charge in [0.1, 0.15) is 5.82 Å². The van der Waals surface area contributed by atoms with Crippen molar-refractivity contribution in [1.82, 2.24) is 14.9 Å².